The number of carboxylic acid groups (broad SMARTS) is 1. The van der Waals surface area contributed by atoms with Crippen LogP contribution in [0.15, 0.2) is 24.3 Å². The van der Waals surface area contributed by atoms with Crippen LogP contribution in [-0.2, 0) is 9.59 Å². The number of aliphatic hydroxyl groups is 2. The van der Waals surface area contributed by atoms with Gasteiger partial charge in [-0.05, 0) is 32.1 Å². The summed E-state index contributed by atoms with van der Waals surface area (Å²) in [5.41, 5.74) is 0. The number of aliphatic carboxylic acids is 1. The lowest BCUT2D eigenvalue weighted by Gasteiger charge is -2.16. The van der Waals surface area contributed by atoms with Gasteiger partial charge in [0.2, 0.25) is 0 Å². The van der Waals surface area contributed by atoms with Gasteiger partial charge in [0.25, 0.3) is 0 Å². The highest BCUT2D eigenvalue weighted by molar-refractivity contribution is 5.84. The van der Waals surface area contributed by atoms with E-state index in [1.165, 1.54) is 0 Å². The van der Waals surface area contributed by atoms with Crippen molar-refractivity contribution in [3.05, 3.63) is 24.3 Å². The van der Waals surface area contributed by atoms with Gasteiger partial charge in [-0.25, -0.2) is 0 Å². The fourth-order valence-electron chi connectivity index (χ4n) is 3.17. The minimum Gasteiger partial charge on any atom is -0.481 e. The van der Waals surface area contributed by atoms with Gasteiger partial charge in [0.05, 0.1) is 12.2 Å². The van der Waals surface area contributed by atoms with E-state index < -0.39 is 18.2 Å². The van der Waals surface area contributed by atoms with Crippen molar-refractivity contribution >= 4 is 11.8 Å². The monoisotopic (exact) mass is 352 g/mol. The molecule has 5 heteroatoms. The first-order valence-corrected chi connectivity index (χ1v) is 9.39. The molecule has 4 unspecified atom stereocenters. The molecule has 1 aliphatic carbocycles. The first kappa shape index (κ1) is 21.6. The highest BCUT2D eigenvalue weighted by Crippen LogP contribution is 2.33. The van der Waals surface area contributed by atoms with Crippen LogP contribution in [0, 0.1) is 11.8 Å². The number of Topliss-reactive ketones (excluding diaryl/α,β-unsaturated/α-hetero) is 1. The molecule has 0 amide bonds. The van der Waals surface area contributed by atoms with E-state index in [0.29, 0.717) is 12.8 Å². The second-order valence-electron chi connectivity index (χ2n) is 6.84. The number of ketones is 1. The summed E-state index contributed by atoms with van der Waals surface area (Å²) in [5, 5.41) is 28.2. The van der Waals surface area contributed by atoms with E-state index in [1.807, 2.05) is 13.0 Å². The van der Waals surface area contributed by atoms with E-state index in [0.717, 1.165) is 32.1 Å². The molecule has 1 rings (SSSR count). The van der Waals surface area contributed by atoms with Gasteiger partial charge in [-0.2, -0.15) is 0 Å². The summed E-state index contributed by atoms with van der Waals surface area (Å²) in [6.07, 6.45) is 12.6. The number of allylic oxidation sites excluding steroid dienone is 2. The normalized spacial score (nSPS) is 25.2. The molecule has 0 aliphatic heterocycles. The number of rotatable bonds is 12. The Kier molecular flexibility index (Phi) is 10.3. The van der Waals surface area contributed by atoms with Crippen molar-refractivity contribution in [3.63, 3.8) is 0 Å². The number of carbonyl (C=O) groups is 2. The predicted molar refractivity (Wildman–Crippen MR) is 97.1 cm³/mol. The van der Waals surface area contributed by atoms with Gasteiger partial charge in [-0.1, -0.05) is 44.1 Å². The van der Waals surface area contributed by atoms with Crippen LogP contribution in [0.3, 0.4) is 0 Å². The van der Waals surface area contributed by atoms with Gasteiger partial charge < -0.3 is 15.3 Å². The Bertz CT molecular complexity index is 469. The lowest BCUT2D eigenvalue weighted by Crippen LogP contribution is -2.18. The molecule has 0 aromatic carbocycles. The fourth-order valence-corrected chi connectivity index (χ4v) is 3.17. The lowest BCUT2D eigenvalue weighted by molar-refractivity contribution is -0.137. The Labute approximate surface area is 150 Å². The molecule has 5 nitrogen and oxygen atoms in total. The molecule has 0 heterocycles. The zero-order valence-electron chi connectivity index (χ0n) is 15.1. The fraction of sp³-hybridized carbons (Fsp3) is 0.700. The van der Waals surface area contributed by atoms with Crippen molar-refractivity contribution in [2.45, 2.75) is 76.9 Å². The van der Waals surface area contributed by atoms with Gasteiger partial charge in [-0.3, -0.25) is 9.59 Å². The van der Waals surface area contributed by atoms with Gasteiger partial charge in [0.1, 0.15) is 5.78 Å². The number of hydrogen-bond donors (Lipinski definition) is 3. The summed E-state index contributed by atoms with van der Waals surface area (Å²) in [4.78, 5) is 22.5. The molecular weight excluding hydrogens is 320 g/mol. The van der Waals surface area contributed by atoms with Crippen LogP contribution in [0.1, 0.15) is 64.7 Å². The average molecular weight is 352 g/mol. The van der Waals surface area contributed by atoms with Crippen molar-refractivity contribution in [2.75, 3.05) is 0 Å². The quantitative estimate of drug-likeness (QED) is 0.370. The lowest BCUT2D eigenvalue weighted by atomic mass is 9.90. The number of unbranched alkanes of at least 4 members (excludes halogenated alkanes) is 4. The van der Waals surface area contributed by atoms with E-state index >= 15 is 0 Å². The maximum Gasteiger partial charge on any atom is 0.303 e. The third-order valence-corrected chi connectivity index (χ3v) is 4.77. The summed E-state index contributed by atoms with van der Waals surface area (Å²) in [6.45, 7) is 1.88. The molecule has 0 spiro atoms. The molecule has 142 valence electrons. The van der Waals surface area contributed by atoms with Crippen molar-refractivity contribution in [2.24, 2.45) is 11.8 Å². The summed E-state index contributed by atoms with van der Waals surface area (Å²) in [5.74, 6) is -1.07. The van der Waals surface area contributed by atoms with E-state index in [4.69, 9.17) is 5.11 Å². The van der Waals surface area contributed by atoms with Crippen LogP contribution in [0.25, 0.3) is 0 Å². The maximum atomic E-state index is 12.1. The van der Waals surface area contributed by atoms with Crippen LogP contribution in [0.5, 0.6) is 0 Å². The molecule has 3 N–H and O–H groups in total. The van der Waals surface area contributed by atoms with Crippen molar-refractivity contribution in [1.82, 2.24) is 0 Å². The topological polar surface area (TPSA) is 94.8 Å². The Morgan fingerprint density at radius 2 is 1.96 bits per heavy atom. The predicted octanol–water partition coefficient (Wildman–Crippen LogP) is 3.25. The second-order valence-corrected chi connectivity index (χ2v) is 6.84. The Morgan fingerprint density at radius 1 is 1.24 bits per heavy atom. The maximum absolute atomic E-state index is 12.1. The highest BCUT2D eigenvalue weighted by atomic mass is 16.4. The minimum absolute atomic E-state index is 0.0893. The molecule has 1 saturated carbocycles. The molecular formula is C20H32O5. The molecule has 0 bridgehead atoms. The van der Waals surface area contributed by atoms with Gasteiger partial charge >= 0.3 is 5.97 Å². The number of aliphatic hydroxyl groups excluding tert-OH is 2. The van der Waals surface area contributed by atoms with Gasteiger partial charge in [0.15, 0.2) is 0 Å². The van der Waals surface area contributed by atoms with Crippen LogP contribution in [0.4, 0.5) is 0 Å². The number of hydrogen-bond acceptors (Lipinski definition) is 4. The summed E-state index contributed by atoms with van der Waals surface area (Å²) in [6, 6.07) is 0. The average Bonchev–Trinajstić information content (AvgIpc) is 2.84. The minimum atomic E-state index is -0.738. The van der Waals surface area contributed by atoms with Crippen LogP contribution in [-0.4, -0.2) is 39.3 Å². The van der Waals surface area contributed by atoms with Gasteiger partial charge in [0, 0.05) is 24.7 Å². The SMILES string of the molecule is CCC(O)C=CC1C(O)CC(=O)C1CC=CCCCCCCC(=O)O. The van der Waals surface area contributed by atoms with E-state index in [9.17, 15) is 19.8 Å². The van der Waals surface area contributed by atoms with Crippen molar-refractivity contribution in [1.29, 1.82) is 0 Å². The van der Waals surface area contributed by atoms with Gasteiger partial charge in [-0.15, -0.1) is 0 Å². The number of carboxylic acids is 1. The molecule has 0 saturated heterocycles. The summed E-state index contributed by atoms with van der Waals surface area (Å²) >= 11 is 0. The van der Waals surface area contributed by atoms with Crippen molar-refractivity contribution < 1.29 is 24.9 Å². The summed E-state index contributed by atoms with van der Waals surface area (Å²) in [7, 11) is 0. The molecule has 1 fully saturated rings. The second kappa shape index (κ2) is 12.0. The van der Waals surface area contributed by atoms with Crippen LogP contribution >= 0.6 is 0 Å². The number of carbonyl (C=O) groups excluding carboxylic acids is 1. The third kappa shape index (κ3) is 8.45. The largest absolute Gasteiger partial charge is 0.481 e. The Hall–Kier alpha value is -1.46. The molecule has 4 atom stereocenters. The molecule has 0 radical (unpaired) electrons. The zero-order valence-corrected chi connectivity index (χ0v) is 15.1. The Morgan fingerprint density at radius 3 is 2.64 bits per heavy atom. The highest BCUT2D eigenvalue weighted by Gasteiger charge is 2.39. The first-order valence-electron chi connectivity index (χ1n) is 9.39. The van der Waals surface area contributed by atoms with E-state index in [2.05, 4.69) is 6.08 Å². The summed E-state index contributed by atoms with van der Waals surface area (Å²) < 4.78 is 0. The molecule has 25 heavy (non-hydrogen) atoms. The Balaban J connectivity index is 2.31. The van der Waals surface area contributed by atoms with E-state index in [-0.39, 0.29) is 30.5 Å². The van der Waals surface area contributed by atoms with Crippen LogP contribution < -0.4 is 0 Å². The molecule has 1 aliphatic rings. The van der Waals surface area contributed by atoms with Crippen LogP contribution in [0.2, 0.25) is 0 Å². The zero-order chi connectivity index (χ0) is 18.7. The standard InChI is InChI=1S/C20H32O5/c1-2-15(21)12-13-17-16(18(22)14-19(17)23)10-8-6-4-3-5-7-9-11-20(24)25/h6,8,12-13,15-17,19,21,23H,2-5,7,9-11,14H2,1H3,(H,24,25). The molecule has 0 aromatic rings. The van der Waals surface area contributed by atoms with Crippen molar-refractivity contribution in [3.8, 4) is 0 Å². The molecule has 0 aromatic heterocycles. The smallest absolute Gasteiger partial charge is 0.303 e. The first-order chi connectivity index (χ1) is 12.0. The van der Waals surface area contributed by atoms with E-state index in [1.54, 1.807) is 12.2 Å². The third-order valence-electron chi connectivity index (χ3n) is 4.77.